The zero-order valence-electron chi connectivity index (χ0n) is 22.9. The van der Waals surface area contributed by atoms with Crippen LogP contribution in [0.4, 0.5) is 13.6 Å². The van der Waals surface area contributed by atoms with E-state index in [1.807, 2.05) is 34.6 Å². The first-order chi connectivity index (χ1) is 17.3. The Kier molecular flexibility index (Phi) is 8.70. The van der Waals surface area contributed by atoms with Crippen LogP contribution in [0.25, 0.3) is 0 Å². The van der Waals surface area contributed by atoms with Crippen molar-refractivity contribution in [1.29, 1.82) is 0 Å². The van der Waals surface area contributed by atoms with E-state index in [0.29, 0.717) is 25.9 Å². The molecule has 1 N–H and O–H groups in total. The lowest BCUT2D eigenvalue weighted by Crippen LogP contribution is -2.58. The molecule has 1 aromatic carbocycles. The molecule has 4 amide bonds. The molecule has 8 nitrogen and oxygen atoms in total. The van der Waals surface area contributed by atoms with Gasteiger partial charge in [-0.05, 0) is 30.4 Å². The van der Waals surface area contributed by atoms with E-state index in [1.165, 1.54) is 11.0 Å². The number of likely N-dealkylation sites (tertiary alicyclic amines) is 2. The topological polar surface area (TPSA) is 82.2 Å². The highest BCUT2D eigenvalue weighted by Crippen LogP contribution is 2.38. The van der Waals surface area contributed by atoms with Crippen molar-refractivity contribution in [3.8, 4) is 5.75 Å². The maximum absolute atomic E-state index is 14.0. The van der Waals surface area contributed by atoms with E-state index in [4.69, 9.17) is 4.74 Å². The molecule has 0 saturated carbocycles. The molecule has 37 heavy (non-hydrogen) atoms. The van der Waals surface area contributed by atoms with Gasteiger partial charge in [0, 0.05) is 45.1 Å². The van der Waals surface area contributed by atoms with Crippen molar-refractivity contribution in [2.75, 3.05) is 33.8 Å². The maximum Gasteiger partial charge on any atom is 0.319 e. The summed E-state index contributed by atoms with van der Waals surface area (Å²) in [5, 5.41) is 2.97. The fourth-order valence-electron chi connectivity index (χ4n) is 5.14. The van der Waals surface area contributed by atoms with Crippen LogP contribution in [0.2, 0.25) is 0 Å². The van der Waals surface area contributed by atoms with Crippen molar-refractivity contribution in [2.24, 2.45) is 17.3 Å². The molecule has 1 aromatic rings. The Bertz CT molecular complexity index is 1010. The molecule has 2 aliphatic rings. The second-order valence-corrected chi connectivity index (χ2v) is 11.5. The molecule has 2 fully saturated rings. The molecule has 0 aromatic heterocycles. The summed E-state index contributed by atoms with van der Waals surface area (Å²) in [4.78, 5) is 44.7. The minimum absolute atomic E-state index is 0.118. The first kappa shape index (κ1) is 28.7. The fourth-order valence-corrected chi connectivity index (χ4v) is 5.14. The van der Waals surface area contributed by atoms with Crippen LogP contribution in [0.3, 0.4) is 0 Å². The van der Waals surface area contributed by atoms with Crippen LogP contribution < -0.4 is 10.1 Å². The Morgan fingerprint density at radius 2 is 1.84 bits per heavy atom. The molecule has 0 unspecified atom stereocenters. The number of urea groups is 1. The van der Waals surface area contributed by atoms with E-state index in [9.17, 15) is 23.2 Å². The Labute approximate surface area is 218 Å². The van der Waals surface area contributed by atoms with Crippen molar-refractivity contribution >= 4 is 17.8 Å². The molecule has 2 saturated heterocycles. The third-order valence-corrected chi connectivity index (χ3v) is 7.46. The van der Waals surface area contributed by atoms with Crippen LogP contribution in [-0.4, -0.2) is 84.5 Å². The zero-order chi connectivity index (χ0) is 27.7. The average Bonchev–Trinajstić information content (AvgIpc) is 3.41. The number of halogens is 2. The molecule has 10 heteroatoms. The largest absolute Gasteiger partial charge is 0.493 e. The van der Waals surface area contributed by atoms with Gasteiger partial charge < -0.3 is 24.8 Å². The van der Waals surface area contributed by atoms with E-state index in [2.05, 4.69) is 5.32 Å². The lowest BCUT2D eigenvalue weighted by molar-refractivity contribution is -0.141. The molecule has 5 atom stereocenters. The number of hydrogen-bond acceptors (Lipinski definition) is 4. The smallest absolute Gasteiger partial charge is 0.319 e. The molecular weight excluding hydrogens is 482 g/mol. The third-order valence-electron chi connectivity index (χ3n) is 7.46. The molecule has 206 valence electrons. The Morgan fingerprint density at radius 3 is 2.41 bits per heavy atom. The summed E-state index contributed by atoms with van der Waals surface area (Å²) < 4.78 is 32.9. The summed E-state index contributed by atoms with van der Waals surface area (Å²) in [6.45, 7) is 10.4. The molecule has 0 aliphatic carbocycles. The Balaban J connectivity index is 1.87. The third kappa shape index (κ3) is 6.15. The van der Waals surface area contributed by atoms with Crippen molar-refractivity contribution in [3.05, 3.63) is 29.8 Å². The number of nitrogens with zero attached hydrogens (tertiary/aromatic N) is 3. The molecule has 0 spiro atoms. The van der Waals surface area contributed by atoms with Crippen molar-refractivity contribution in [3.63, 3.8) is 0 Å². The van der Waals surface area contributed by atoms with Gasteiger partial charge in [-0.15, -0.1) is 0 Å². The fraction of sp³-hybridized carbons (Fsp3) is 0.667. The summed E-state index contributed by atoms with van der Waals surface area (Å²) in [7, 11) is 3.36. The Hall–Kier alpha value is -2.91. The highest BCUT2D eigenvalue weighted by Gasteiger charge is 2.53. The normalized spacial score (nSPS) is 22.9. The number of ether oxygens (including phenoxy) is 1. The maximum atomic E-state index is 14.0. The molecule has 3 rings (SSSR count). The van der Waals surface area contributed by atoms with Crippen molar-refractivity contribution in [1.82, 2.24) is 20.0 Å². The summed E-state index contributed by atoms with van der Waals surface area (Å²) in [5.74, 6) is -2.61. The van der Waals surface area contributed by atoms with E-state index < -0.39 is 23.1 Å². The SMILES string of the molecule is CC[C@@H](C)C(=O)N[C@H](C(=O)N1CC[C@@H]2[C@H]1[C@@H](COc1ccc(F)c(F)c1)CN2C(=O)N(C)C)C(C)(C)C. The van der Waals surface area contributed by atoms with Gasteiger partial charge >= 0.3 is 6.03 Å². The number of nitrogens with one attached hydrogen (secondary N) is 1. The molecule has 0 bridgehead atoms. The van der Waals surface area contributed by atoms with E-state index in [-0.39, 0.29) is 54.1 Å². The van der Waals surface area contributed by atoms with Gasteiger partial charge in [-0.3, -0.25) is 9.59 Å². The van der Waals surface area contributed by atoms with Crippen molar-refractivity contribution in [2.45, 2.75) is 65.6 Å². The quantitative estimate of drug-likeness (QED) is 0.594. The number of carbonyl (C=O) groups is 3. The van der Waals surface area contributed by atoms with Gasteiger partial charge in [-0.25, -0.2) is 13.6 Å². The monoisotopic (exact) mass is 522 g/mol. The molecule has 0 radical (unpaired) electrons. The van der Waals surface area contributed by atoms with Gasteiger partial charge in [0.1, 0.15) is 11.8 Å². The summed E-state index contributed by atoms with van der Waals surface area (Å²) in [6, 6.07) is 1.92. The number of fused-ring (bicyclic) bond motifs is 1. The number of hydrogen-bond donors (Lipinski definition) is 1. The molecule has 2 heterocycles. The molecular formula is C27H40F2N4O4. The van der Waals surface area contributed by atoms with Gasteiger partial charge in [0.25, 0.3) is 0 Å². The van der Waals surface area contributed by atoms with Crippen LogP contribution in [0.1, 0.15) is 47.5 Å². The van der Waals surface area contributed by atoms with Gasteiger partial charge in [0.15, 0.2) is 11.6 Å². The molecule has 2 aliphatic heterocycles. The van der Waals surface area contributed by atoms with Gasteiger partial charge in [-0.2, -0.15) is 0 Å². The first-order valence-corrected chi connectivity index (χ1v) is 12.9. The predicted molar refractivity (Wildman–Crippen MR) is 136 cm³/mol. The van der Waals surface area contributed by atoms with Crippen LogP contribution in [0.15, 0.2) is 18.2 Å². The van der Waals surface area contributed by atoms with Gasteiger partial charge in [0.05, 0.1) is 18.7 Å². The van der Waals surface area contributed by atoms with Crippen LogP contribution in [-0.2, 0) is 9.59 Å². The minimum atomic E-state index is -1.01. The zero-order valence-corrected chi connectivity index (χ0v) is 22.9. The van der Waals surface area contributed by atoms with Crippen LogP contribution in [0, 0.1) is 28.9 Å². The summed E-state index contributed by atoms with van der Waals surface area (Å²) in [6.07, 6.45) is 1.27. The standard InChI is InChI=1S/C27H40F2N4O4/c1-8-16(2)24(34)30-23(27(3,4)5)25(35)32-12-11-21-22(32)17(14-33(21)26(36)31(6)7)15-37-18-9-10-19(28)20(29)13-18/h9-10,13,16-17,21-23H,8,11-12,14-15H2,1-7H3,(H,30,34)/t16-,17-,21-,22-,23-/m1/s1. The lowest BCUT2D eigenvalue weighted by atomic mass is 9.84. The predicted octanol–water partition coefficient (Wildman–Crippen LogP) is 3.50. The van der Waals surface area contributed by atoms with E-state index >= 15 is 0 Å². The van der Waals surface area contributed by atoms with Crippen molar-refractivity contribution < 1.29 is 27.9 Å². The highest BCUT2D eigenvalue weighted by molar-refractivity contribution is 5.89. The Morgan fingerprint density at radius 1 is 1.16 bits per heavy atom. The minimum Gasteiger partial charge on any atom is -0.493 e. The van der Waals surface area contributed by atoms with E-state index in [0.717, 1.165) is 12.1 Å². The van der Waals surface area contributed by atoms with E-state index in [1.54, 1.807) is 23.9 Å². The first-order valence-electron chi connectivity index (χ1n) is 12.9. The summed E-state index contributed by atoms with van der Waals surface area (Å²) >= 11 is 0. The number of benzene rings is 1. The van der Waals surface area contributed by atoms with Gasteiger partial charge in [-0.1, -0.05) is 34.6 Å². The second-order valence-electron chi connectivity index (χ2n) is 11.5. The number of carbonyl (C=O) groups excluding carboxylic acids is 3. The lowest BCUT2D eigenvalue weighted by Gasteiger charge is -2.37. The average molecular weight is 523 g/mol. The van der Waals surface area contributed by atoms with Crippen LogP contribution >= 0.6 is 0 Å². The summed E-state index contributed by atoms with van der Waals surface area (Å²) in [5.41, 5.74) is -0.534. The van der Waals surface area contributed by atoms with Gasteiger partial charge in [0.2, 0.25) is 11.8 Å². The second kappa shape index (κ2) is 11.2. The number of amides is 4. The van der Waals surface area contributed by atoms with Crippen LogP contribution in [0.5, 0.6) is 5.75 Å². The highest BCUT2D eigenvalue weighted by atomic mass is 19.2. The number of rotatable bonds is 7.